The second-order valence-corrected chi connectivity index (χ2v) is 8.83. The number of methoxy groups -OCH3 is 1. The predicted octanol–water partition coefficient (Wildman–Crippen LogP) is 3.77. The Morgan fingerprint density at radius 2 is 2.13 bits per heavy atom. The maximum Gasteiger partial charge on any atom is 0.338 e. The highest BCUT2D eigenvalue weighted by Gasteiger charge is 2.41. The standard InChI is InChI=1S/C22H24ClN3O4S/c1-13-19(21(28)29-2)20(14-5-7-15(23)8-6-14)26-16(12-31-22(26)25-13)10-18(27)24-11-17-4-3-9-30-17/h5-8,12,17,20H,3-4,9-11H2,1-2H3,(H,24,27). The van der Waals surface area contributed by atoms with Crippen LogP contribution < -0.4 is 5.32 Å². The second-order valence-electron chi connectivity index (χ2n) is 7.55. The summed E-state index contributed by atoms with van der Waals surface area (Å²) in [6.45, 7) is 3.06. The fraction of sp³-hybridized carbons (Fsp3) is 0.409. The van der Waals surface area contributed by atoms with Crippen molar-refractivity contribution in [2.45, 2.75) is 38.3 Å². The number of hydrogen-bond donors (Lipinski definition) is 1. The lowest BCUT2D eigenvalue weighted by Crippen LogP contribution is -2.38. The number of amidine groups is 1. The molecule has 2 atom stereocenters. The third-order valence-electron chi connectivity index (χ3n) is 5.48. The molecule has 1 aromatic carbocycles. The Balaban J connectivity index is 1.59. The summed E-state index contributed by atoms with van der Waals surface area (Å²) < 4.78 is 10.6. The lowest BCUT2D eigenvalue weighted by molar-refractivity contribution is -0.136. The zero-order chi connectivity index (χ0) is 22.0. The van der Waals surface area contributed by atoms with E-state index in [1.165, 1.54) is 18.9 Å². The Kier molecular flexibility index (Phi) is 6.69. The maximum absolute atomic E-state index is 12.7. The molecule has 0 spiro atoms. The summed E-state index contributed by atoms with van der Waals surface area (Å²) in [6, 6.07) is 6.87. The van der Waals surface area contributed by atoms with Crippen molar-refractivity contribution in [3.05, 3.63) is 57.2 Å². The van der Waals surface area contributed by atoms with Gasteiger partial charge < -0.3 is 19.7 Å². The van der Waals surface area contributed by atoms with Gasteiger partial charge in [-0.1, -0.05) is 35.5 Å². The molecule has 1 fully saturated rings. The summed E-state index contributed by atoms with van der Waals surface area (Å²) in [6.07, 6.45) is 2.26. The van der Waals surface area contributed by atoms with Gasteiger partial charge in [-0.3, -0.25) is 4.79 Å². The number of esters is 1. The molecule has 164 valence electrons. The smallest absolute Gasteiger partial charge is 0.338 e. The summed E-state index contributed by atoms with van der Waals surface area (Å²) in [5.74, 6) is -0.538. The molecule has 31 heavy (non-hydrogen) atoms. The molecule has 1 aromatic rings. The Labute approximate surface area is 190 Å². The molecule has 2 unspecified atom stereocenters. The van der Waals surface area contributed by atoms with Gasteiger partial charge in [0.05, 0.1) is 36.9 Å². The summed E-state index contributed by atoms with van der Waals surface area (Å²) in [7, 11) is 1.36. The van der Waals surface area contributed by atoms with Crippen LogP contribution in [0.4, 0.5) is 0 Å². The van der Waals surface area contributed by atoms with Crippen LogP contribution in [0.15, 0.2) is 51.6 Å². The normalized spacial score (nSPS) is 22.7. The monoisotopic (exact) mass is 461 g/mol. The molecule has 0 radical (unpaired) electrons. The lowest BCUT2D eigenvalue weighted by Gasteiger charge is -2.36. The van der Waals surface area contributed by atoms with Crippen molar-refractivity contribution in [2.24, 2.45) is 4.99 Å². The van der Waals surface area contributed by atoms with E-state index in [1.54, 1.807) is 19.1 Å². The number of thioether (sulfide) groups is 1. The average molecular weight is 462 g/mol. The average Bonchev–Trinajstić information content (AvgIpc) is 3.42. The Hall–Kier alpha value is -2.29. The first-order valence-electron chi connectivity index (χ1n) is 10.1. The molecule has 0 saturated carbocycles. The van der Waals surface area contributed by atoms with E-state index in [0.29, 0.717) is 22.8 Å². The van der Waals surface area contributed by atoms with Gasteiger partial charge in [0.1, 0.15) is 0 Å². The Bertz CT molecular complexity index is 967. The summed E-state index contributed by atoms with van der Waals surface area (Å²) in [5.41, 5.74) is 2.69. The van der Waals surface area contributed by atoms with Crippen LogP contribution in [-0.4, -0.2) is 48.3 Å². The van der Waals surface area contributed by atoms with E-state index in [0.717, 1.165) is 35.9 Å². The number of halogens is 1. The number of hydrogen-bond acceptors (Lipinski definition) is 7. The number of aliphatic imine (C=N–C) groups is 1. The number of benzene rings is 1. The largest absolute Gasteiger partial charge is 0.466 e. The van der Waals surface area contributed by atoms with Crippen molar-refractivity contribution < 1.29 is 19.1 Å². The summed E-state index contributed by atoms with van der Waals surface area (Å²) in [5, 5.41) is 6.21. The van der Waals surface area contributed by atoms with E-state index in [4.69, 9.17) is 21.1 Å². The zero-order valence-electron chi connectivity index (χ0n) is 17.4. The topological polar surface area (TPSA) is 80.2 Å². The van der Waals surface area contributed by atoms with Crippen molar-refractivity contribution in [3.63, 3.8) is 0 Å². The van der Waals surface area contributed by atoms with Crippen LogP contribution in [0.2, 0.25) is 5.02 Å². The van der Waals surface area contributed by atoms with Gasteiger partial charge in [-0.05, 0) is 42.9 Å². The highest BCUT2D eigenvalue weighted by atomic mass is 35.5. The number of allylic oxidation sites excluding steroid dienone is 1. The van der Waals surface area contributed by atoms with Gasteiger partial charge in [0.2, 0.25) is 5.91 Å². The SMILES string of the molecule is COC(=O)C1=C(C)N=C2SC=C(CC(=O)NCC3CCCO3)N2C1c1ccc(Cl)cc1. The number of rotatable bonds is 6. The van der Waals surface area contributed by atoms with Gasteiger partial charge in [0.25, 0.3) is 0 Å². The predicted molar refractivity (Wildman–Crippen MR) is 120 cm³/mol. The van der Waals surface area contributed by atoms with Crippen LogP contribution in [0, 0.1) is 0 Å². The molecule has 4 rings (SSSR count). The fourth-order valence-electron chi connectivity index (χ4n) is 3.96. The molecule has 3 heterocycles. The summed E-state index contributed by atoms with van der Waals surface area (Å²) >= 11 is 7.53. The third kappa shape index (κ3) is 4.66. The van der Waals surface area contributed by atoms with Crippen LogP contribution in [0.1, 0.15) is 37.8 Å². The van der Waals surface area contributed by atoms with Gasteiger partial charge >= 0.3 is 5.97 Å². The van der Waals surface area contributed by atoms with E-state index in [-0.39, 0.29) is 18.4 Å². The van der Waals surface area contributed by atoms with E-state index in [9.17, 15) is 9.59 Å². The van der Waals surface area contributed by atoms with Crippen LogP contribution >= 0.6 is 23.4 Å². The van der Waals surface area contributed by atoms with Crippen molar-refractivity contribution in [2.75, 3.05) is 20.3 Å². The minimum atomic E-state index is -0.454. The van der Waals surface area contributed by atoms with E-state index in [1.807, 2.05) is 22.4 Å². The van der Waals surface area contributed by atoms with E-state index >= 15 is 0 Å². The van der Waals surface area contributed by atoms with Crippen molar-refractivity contribution in [3.8, 4) is 0 Å². The first-order chi connectivity index (χ1) is 15.0. The molecule has 0 aromatic heterocycles. The Morgan fingerprint density at radius 3 is 2.81 bits per heavy atom. The number of fused-ring (bicyclic) bond motifs is 1. The van der Waals surface area contributed by atoms with Crippen LogP contribution in [0.5, 0.6) is 0 Å². The first kappa shape index (κ1) is 21.9. The quantitative estimate of drug-likeness (QED) is 0.649. The Morgan fingerprint density at radius 1 is 1.35 bits per heavy atom. The molecule has 1 saturated heterocycles. The van der Waals surface area contributed by atoms with Gasteiger partial charge in [-0.15, -0.1) is 0 Å². The van der Waals surface area contributed by atoms with Crippen molar-refractivity contribution in [1.82, 2.24) is 10.2 Å². The highest BCUT2D eigenvalue weighted by molar-refractivity contribution is 8.16. The lowest BCUT2D eigenvalue weighted by atomic mass is 9.94. The molecule has 0 aliphatic carbocycles. The molecule has 1 amide bonds. The zero-order valence-corrected chi connectivity index (χ0v) is 19.0. The first-order valence-corrected chi connectivity index (χ1v) is 11.4. The maximum atomic E-state index is 12.7. The van der Waals surface area contributed by atoms with E-state index < -0.39 is 12.0 Å². The molecule has 7 nitrogen and oxygen atoms in total. The third-order valence-corrected chi connectivity index (χ3v) is 6.62. The second kappa shape index (κ2) is 9.46. The molecular formula is C22H24ClN3O4S. The number of amides is 1. The van der Waals surface area contributed by atoms with Crippen LogP contribution in [-0.2, 0) is 19.1 Å². The molecule has 3 aliphatic heterocycles. The number of nitrogens with zero attached hydrogens (tertiary/aromatic N) is 2. The molecule has 0 bridgehead atoms. The van der Waals surface area contributed by atoms with E-state index in [2.05, 4.69) is 10.3 Å². The molecule has 1 N–H and O–H groups in total. The summed E-state index contributed by atoms with van der Waals surface area (Å²) in [4.78, 5) is 31.9. The van der Waals surface area contributed by atoms with Crippen molar-refractivity contribution >= 4 is 40.4 Å². The molecule has 3 aliphatic rings. The minimum absolute atomic E-state index is 0.0846. The minimum Gasteiger partial charge on any atom is -0.466 e. The van der Waals surface area contributed by atoms with Gasteiger partial charge in [-0.2, -0.15) is 0 Å². The van der Waals surface area contributed by atoms with Crippen LogP contribution in [0.25, 0.3) is 0 Å². The van der Waals surface area contributed by atoms with Crippen molar-refractivity contribution in [1.29, 1.82) is 0 Å². The van der Waals surface area contributed by atoms with Gasteiger partial charge in [0.15, 0.2) is 5.17 Å². The fourth-order valence-corrected chi connectivity index (χ4v) is 5.05. The number of carbonyl (C=O) groups excluding carboxylic acids is 2. The number of carbonyl (C=O) groups is 2. The van der Waals surface area contributed by atoms with Gasteiger partial charge in [-0.25, -0.2) is 9.79 Å². The molecular weight excluding hydrogens is 438 g/mol. The van der Waals surface area contributed by atoms with Gasteiger partial charge in [0, 0.05) is 23.9 Å². The number of ether oxygens (including phenoxy) is 2. The number of nitrogens with one attached hydrogen (secondary N) is 1. The van der Waals surface area contributed by atoms with Crippen LogP contribution in [0.3, 0.4) is 0 Å². The molecule has 9 heteroatoms. The highest BCUT2D eigenvalue weighted by Crippen LogP contribution is 2.44.